The number of aromatic nitrogens is 2. The van der Waals surface area contributed by atoms with E-state index in [0.717, 1.165) is 22.6 Å². The van der Waals surface area contributed by atoms with Crippen molar-refractivity contribution in [2.24, 2.45) is 0 Å². The molecule has 0 spiro atoms. The molecule has 19 heavy (non-hydrogen) atoms. The van der Waals surface area contributed by atoms with Crippen LogP contribution in [0.2, 0.25) is 0 Å². The Morgan fingerprint density at radius 2 is 2.16 bits per heavy atom. The maximum absolute atomic E-state index is 11.2. The summed E-state index contributed by atoms with van der Waals surface area (Å²) in [6.07, 6.45) is 1.85. The lowest BCUT2D eigenvalue weighted by molar-refractivity contribution is -0.139. The molecule has 0 radical (unpaired) electrons. The fourth-order valence-corrected chi connectivity index (χ4v) is 1.85. The summed E-state index contributed by atoms with van der Waals surface area (Å²) >= 11 is 0. The zero-order valence-electron chi connectivity index (χ0n) is 11.2. The van der Waals surface area contributed by atoms with Gasteiger partial charge in [-0.3, -0.25) is 4.79 Å². The van der Waals surface area contributed by atoms with E-state index >= 15 is 0 Å². The topological polar surface area (TPSA) is 64.2 Å². The van der Waals surface area contributed by atoms with E-state index in [2.05, 4.69) is 14.7 Å². The van der Waals surface area contributed by atoms with Crippen LogP contribution in [0, 0.1) is 6.92 Å². The van der Waals surface area contributed by atoms with E-state index in [1.54, 1.807) is 13.3 Å². The molecule has 1 N–H and O–H groups in total. The van der Waals surface area contributed by atoms with Gasteiger partial charge in [0.05, 0.1) is 26.1 Å². The third kappa shape index (κ3) is 2.93. The number of esters is 1. The molecule has 0 saturated heterocycles. The predicted molar refractivity (Wildman–Crippen MR) is 71.0 cm³/mol. The van der Waals surface area contributed by atoms with Crippen molar-refractivity contribution in [1.82, 2.24) is 9.97 Å². The Labute approximate surface area is 111 Å². The summed E-state index contributed by atoms with van der Waals surface area (Å²) in [5.41, 5.74) is 2.91. The highest BCUT2D eigenvalue weighted by Crippen LogP contribution is 2.24. The standard InChI is InChI=1S/C14H16N2O3/c1-9-6-10(4-5-12(9)18-2)11-8-15-13(16-11)7-14(17)19-3/h4-6,8H,7H2,1-3H3,(H,15,16). The summed E-state index contributed by atoms with van der Waals surface area (Å²) in [4.78, 5) is 18.4. The molecule has 2 aromatic rings. The van der Waals surface area contributed by atoms with E-state index in [9.17, 15) is 4.79 Å². The molecule has 0 aliphatic rings. The van der Waals surface area contributed by atoms with Gasteiger partial charge in [-0.25, -0.2) is 4.98 Å². The first-order valence-electron chi connectivity index (χ1n) is 5.89. The van der Waals surface area contributed by atoms with Crippen molar-refractivity contribution in [2.45, 2.75) is 13.3 Å². The lowest BCUT2D eigenvalue weighted by Crippen LogP contribution is -2.05. The van der Waals surface area contributed by atoms with Crippen LogP contribution in [0.25, 0.3) is 11.3 Å². The van der Waals surface area contributed by atoms with Crippen LogP contribution in [0.5, 0.6) is 5.75 Å². The summed E-state index contributed by atoms with van der Waals surface area (Å²) < 4.78 is 9.82. The molecule has 0 bridgehead atoms. The van der Waals surface area contributed by atoms with Crippen LogP contribution in [-0.4, -0.2) is 30.2 Å². The number of rotatable bonds is 4. The minimum absolute atomic E-state index is 0.144. The van der Waals surface area contributed by atoms with Crippen molar-refractivity contribution in [3.63, 3.8) is 0 Å². The van der Waals surface area contributed by atoms with E-state index in [0.29, 0.717) is 5.82 Å². The Balaban J connectivity index is 2.23. The summed E-state index contributed by atoms with van der Waals surface area (Å²) in [7, 11) is 3.01. The molecular weight excluding hydrogens is 244 g/mol. The lowest BCUT2D eigenvalue weighted by atomic mass is 10.1. The van der Waals surface area contributed by atoms with Gasteiger partial charge in [-0.15, -0.1) is 0 Å². The Morgan fingerprint density at radius 3 is 2.79 bits per heavy atom. The SMILES string of the molecule is COC(=O)Cc1ncc(-c2ccc(OC)c(C)c2)[nH]1. The number of hydrogen-bond acceptors (Lipinski definition) is 4. The van der Waals surface area contributed by atoms with Crippen LogP contribution in [0.1, 0.15) is 11.4 Å². The lowest BCUT2D eigenvalue weighted by Gasteiger charge is -2.05. The number of hydrogen-bond donors (Lipinski definition) is 1. The fraction of sp³-hybridized carbons (Fsp3) is 0.286. The third-order valence-electron chi connectivity index (χ3n) is 2.87. The molecule has 0 unspecified atom stereocenters. The van der Waals surface area contributed by atoms with Crippen LogP contribution < -0.4 is 4.74 Å². The maximum atomic E-state index is 11.2. The number of carbonyl (C=O) groups is 1. The van der Waals surface area contributed by atoms with Gasteiger partial charge in [0.25, 0.3) is 0 Å². The van der Waals surface area contributed by atoms with Crippen molar-refractivity contribution in [3.8, 4) is 17.0 Å². The predicted octanol–water partition coefficient (Wildman–Crippen LogP) is 2.11. The molecule has 1 aromatic carbocycles. The van der Waals surface area contributed by atoms with Gasteiger partial charge in [0, 0.05) is 5.56 Å². The number of nitrogens with one attached hydrogen (secondary N) is 1. The van der Waals surface area contributed by atoms with E-state index in [1.165, 1.54) is 7.11 Å². The third-order valence-corrected chi connectivity index (χ3v) is 2.87. The average Bonchev–Trinajstić information content (AvgIpc) is 2.87. The molecule has 0 amide bonds. The average molecular weight is 260 g/mol. The van der Waals surface area contributed by atoms with Crippen LogP contribution in [0.3, 0.4) is 0 Å². The second-order valence-corrected chi connectivity index (χ2v) is 4.18. The zero-order chi connectivity index (χ0) is 13.8. The zero-order valence-corrected chi connectivity index (χ0v) is 11.2. The number of aryl methyl sites for hydroxylation is 1. The minimum atomic E-state index is -0.313. The summed E-state index contributed by atoms with van der Waals surface area (Å²) in [6.45, 7) is 1.98. The molecule has 0 aliphatic carbocycles. The second-order valence-electron chi connectivity index (χ2n) is 4.18. The molecular formula is C14H16N2O3. The van der Waals surface area contributed by atoms with E-state index < -0.39 is 0 Å². The molecule has 0 fully saturated rings. The van der Waals surface area contributed by atoms with E-state index in [1.807, 2.05) is 25.1 Å². The molecule has 2 rings (SSSR count). The van der Waals surface area contributed by atoms with Crippen LogP contribution in [0.4, 0.5) is 0 Å². The van der Waals surface area contributed by atoms with Gasteiger partial charge in [-0.05, 0) is 30.7 Å². The van der Waals surface area contributed by atoms with Crippen molar-refractivity contribution in [3.05, 3.63) is 35.8 Å². The van der Waals surface area contributed by atoms with Crippen LogP contribution >= 0.6 is 0 Å². The van der Waals surface area contributed by atoms with E-state index in [-0.39, 0.29) is 12.4 Å². The Hall–Kier alpha value is -2.30. The molecule has 5 heteroatoms. The largest absolute Gasteiger partial charge is 0.496 e. The molecule has 0 saturated carbocycles. The van der Waals surface area contributed by atoms with Crippen molar-refractivity contribution >= 4 is 5.97 Å². The summed E-state index contributed by atoms with van der Waals surface area (Å²) in [5, 5.41) is 0. The van der Waals surface area contributed by atoms with Gasteiger partial charge < -0.3 is 14.5 Å². The number of imidazole rings is 1. The number of H-pyrrole nitrogens is 1. The molecule has 1 heterocycles. The Kier molecular flexibility index (Phi) is 3.85. The number of benzene rings is 1. The first-order valence-corrected chi connectivity index (χ1v) is 5.89. The Morgan fingerprint density at radius 1 is 1.37 bits per heavy atom. The number of nitrogens with zero attached hydrogens (tertiary/aromatic N) is 1. The second kappa shape index (κ2) is 5.56. The molecule has 5 nitrogen and oxygen atoms in total. The monoisotopic (exact) mass is 260 g/mol. The van der Waals surface area contributed by atoms with Crippen molar-refractivity contribution < 1.29 is 14.3 Å². The van der Waals surface area contributed by atoms with Gasteiger partial charge in [-0.2, -0.15) is 0 Å². The molecule has 0 aliphatic heterocycles. The van der Waals surface area contributed by atoms with E-state index in [4.69, 9.17) is 4.74 Å². The highest BCUT2D eigenvalue weighted by Gasteiger charge is 2.09. The molecule has 1 aromatic heterocycles. The van der Waals surface area contributed by atoms with Gasteiger partial charge in [-0.1, -0.05) is 0 Å². The normalized spacial score (nSPS) is 10.3. The van der Waals surface area contributed by atoms with Crippen LogP contribution in [-0.2, 0) is 16.0 Å². The summed E-state index contributed by atoms with van der Waals surface area (Å²) in [6, 6.07) is 5.86. The first kappa shape index (κ1) is 13.1. The number of methoxy groups -OCH3 is 2. The number of aromatic amines is 1. The number of ether oxygens (including phenoxy) is 2. The highest BCUT2D eigenvalue weighted by atomic mass is 16.5. The number of carbonyl (C=O) groups excluding carboxylic acids is 1. The minimum Gasteiger partial charge on any atom is -0.496 e. The van der Waals surface area contributed by atoms with Gasteiger partial charge in [0.1, 0.15) is 18.0 Å². The first-order chi connectivity index (χ1) is 9.13. The Bertz CT molecular complexity index is 590. The van der Waals surface area contributed by atoms with Crippen molar-refractivity contribution in [1.29, 1.82) is 0 Å². The quantitative estimate of drug-likeness (QED) is 0.855. The smallest absolute Gasteiger partial charge is 0.313 e. The van der Waals surface area contributed by atoms with Gasteiger partial charge >= 0.3 is 5.97 Å². The molecule has 0 atom stereocenters. The molecule has 100 valence electrons. The fourth-order valence-electron chi connectivity index (χ4n) is 1.85. The maximum Gasteiger partial charge on any atom is 0.313 e. The van der Waals surface area contributed by atoms with Crippen molar-refractivity contribution in [2.75, 3.05) is 14.2 Å². The summed E-state index contributed by atoms with van der Waals surface area (Å²) in [5.74, 6) is 1.13. The van der Waals surface area contributed by atoms with Gasteiger partial charge in [0.15, 0.2) is 0 Å². The highest BCUT2D eigenvalue weighted by molar-refractivity contribution is 5.72. The van der Waals surface area contributed by atoms with Gasteiger partial charge in [0.2, 0.25) is 0 Å². The van der Waals surface area contributed by atoms with Crippen LogP contribution in [0.15, 0.2) is 24.4 Å².